The molecule has 58 heavy (non-hydrogen) atoms. The van der Waals surface area contributed by atoms with Crippen LogP contribution in [-0.4, -0.2) is 128 Å². The summed E-state index contributed by atoms with van der Waals surface area (Å²) in [5.74, 6) is -2.60. The summed E-state index contributed by atoms with van der Waals surface area (Å²) in [4.78, 5) is 64.3. The summed E-state index contributed by atoms with van der Waals surface area (Å²) in [6.45, 7) is 12.8. The number of carbonyl (C=O) groups is 4. The molecule has 0 saturated carbocycles. The molecule has 2 aromatic carbocycles. The van der Waals surface area contributed by atoms with Gasteiger partial charge in [-0.25, -0.2) is 18.6 Å². The van der Waals surface area contributed by atoms with Gasteiger partial charge in [-0.3, -0.25) is 19.5 Å². The molecule has 0 radical (unpaired) electrons. The van der Waals surface area contributed by atoms with Crippen LogP contribution in [0.25, 0.3) is 22.4 Å². The number of rotatable bonds is 8. The van der Waals surface area contributed by atoms with Gasteiger partial charge in [-0.15, -0.1) is 0 Å². The third-order valence-corrected chi connectivity index (χ3v) is 11.4. The molecule has 3 fully saturated rings. The molecular formula is C41H48ClF2N9O5. The van der Waals surface area contributed by atoms with Crippen molar-refractivity contribution in [2.45, 2.75) is 46.1 Å². The number of benzene rings is 2. The van der Waals surface area contributed by atoms with Crippen LogP contribution in [0.2, 0.25) is 5.02 Å². The van der Waals surface area contributed by atoms with Crippen molar-refractivity contribution >= 4 is 41.1 Å². The van der Waals surface area contributed by atoms with Crippen molar-refractivity contribution in [1.29, 1.82) is 0 Å². The monoisotopic (exact) mass is 819 g/mol. The van der Waals surface area contributed by atoms with Crippen LogP contribution in [0.5, 0.6) is 0 Å². The lowest BCUT2D eigenvalue weighted by molar-refractivity contribution is -0.138. The molecule has 0 aliphatic carbocycles. The Morgan fingerprint density at radius 3 is 2.21 bits per heavy atom. The quantitative estimate of drug-likeness (QED) is 0.226. The fraction of sp³-hybridized carbons (Fsp3) is 0.463. The molecular weight excluding hydrogens is 772 g/mol. The van der Waals surface area contributed by atoms with Crippen LogP contribution in [-0.2, 0) is 16.6 Å². The Morgan fingerprint density at radius 2 is 1.57 bits per heavy atom. The number of hydrogen-bond acceptors (Lipinski definition) is 8. The number of aryl methyl sites for hydroxylation is 1. The molecule has 17 heteroatoms. The molecule has 4 aromatic rings. The van der Waals surface area contributed by atoms with Gasteiger partial charge in [-0.05, 0) is 77.9 Å². The number of anilines is 1. The summed E-state index contributed by atoms with van der Waals surface area (Å²) in [6.07, 6.45) is 4.07. The number of aromatic nitrogens is 4. The first-order chi connectivity index (χ1) is 27.6. The van der Waals surface area contributed by atoms with Gasteiger partial charge in [0.25, 0.3) is 11.8 Å². The number of aromatic amines is 1. The molecule has 3 aliphatic rings. The average molecular weight is 820 g/mol. The van der Waals surface area contributed by atoms with Gasteiger partial charge >= 0.3 is 6.09 Å². The maximum Gasteiger partial charge on any atom is 0.410 e. The number of likely N-dealkylation sites (tertiary alicyclic amines) is 2. The highest BCUT2D eigenvalue weighted by atomic mass is 35.5. The summed E-state index contributed by atoms with van der Waals surface area (Å²) in [5, 5.41) is 9.47. The topological polar surface area (TPSA) is 149 Å². The Bertz CT molecular complexity index is 2210. The molecule has 308 valence electrons. The summed E-state index contributed by atoms with van der Waals surface area (Å²) < 4.78 is 37.3. The van der Waals surface area contributed by atoms with E-state index in [1.165, 1.54) is 48.3 Å². The summed E-state index contributed by atoms with van der Waals surface area (Å²) >= 11 is 6.57. The largest absolute Gasteiger partial charge is 0.444 e. The zero-order chi connectivity index (χ0) is 41.5. The van der Waals surface area contributed by atoms with Crippen LogP contribution in [0.1, 0.15) is 60.3 Å². The van der Waals surface area contributed by atoms with E-state index in [1.54, 1.807) is 22.8 Å². The van der Waals surface area contributed by atoms with E-state index in [-0.39, 0.29) is 57.1 Å². The molecule has 5 heterocycles. The number of carbonyl (C=O) groups excluding carboxylic acids is 4. The van der Waals surface area contributed by atoms with Crippen molar-refractivity contribution < 1.29 is 32.7 Å². The number of H-pyrrole nitrogens is 1. The number of piperazine rings is 1. The van der Waals surface area contributed by atoms with Crippen LogP contribution in [0, 0.1) is 30.4 Å². The molecule has 2 N–H and O–H groups in total. The van der Waals surface area contributed by atoms with Gasteiger partial charge in [-0.1, -0.05) is 17.7 Å². The number of amides is 4. The zero-order valence-corrected chi connectivity index (χ0v) is 34.0. The lowest BCUT2D eigenvalue weighted by Gasteiger charge is -2.43. The maximum atomic E-state index is 15.3. The van der Waals surface area contributed by atoms with Crippen molar-refractivity contribution in [3.8, 4) is 22.4 Å². The van der Waals surface area contributed by atoms with Gasteiger partial charge in [-0.2, -0.15) is 5.10 Å². The minimum Gasteiger partial charge on any atom is -0.444 e. The third kappa shape index (κ3) is 8.58. The van der Waals surface area contributed by atoms with Crippen molar-refractivity contribution in [2.24, 2.45) is 18.9 Å². The van der Waals surface area contributed by atoms with E-state index in [2.05, 4.69) is 25.4 Å². The minimum absolute atomic E-state index is 0.0547. The Labute approximate surface area is 340 Å². The third-order valence-electron chi connectivity index (χ3n) is 11.1. The van der Waals surface area contributed by atoms with Crippen LogP contribution in [0.3, 0.4) is 0 Å². The van der Waals surface area contributed by atoms with E-state index in [1.807, 2.05) is 25.7 Å². The second-order valence-corrected chi connectivity index (χ2v) is 16.7. The number of ether oxygens (including phenoxy) is 1. The molecule has 0 atom stereocenters. The fourth-order valence-corrected chi connectivity index (χ4v) is 8.12. The Hall–Kier alpha value is -5.35. The average Bonchev–Trinajstić information content (AvgIpc) is 3.77. The molecule has 7 rings (SSSR count). The van der Waals surface area contributed by atoms with Gasteiger partial charge < -0.3 is 34.2 Å². The van der Waals surface area contributed by atoms with Crippen molar-refractivity contribution in [3.63, 3.8) is 0 Å². The number of nitrogens with zero attached hydrogens (tertiary/aromatic N) is 7. The van der Waals surface area contributed by atoms with Gasteiger partial charge in [0.2, 0.25) is 5.91 Å². The number of nitrogens with one attached hydrogen (secondary N) is 2. The van der Waals surface area contributed by atoms with Crippen LogP contribution >= 0.6 is 11.6 Å². The van der Waals surface area contributed by atoms with E-state index in [0.29, 0.717) is 62.1 Å². The standard InChI is InChI=1S/C41H48ClF2N9O5/c1-24-31(19-46-48-24)28-8-9-30(35(44)34(28)43)33-20-45-36(49(33)5)37(54)47-27-6-7-29(32(42)18-27)39(56)52-16-14-51(15-17-52)38(55)26-10-12-50(13-11-26)21-25-22-53(23-25)40(57)58-41(2,3)4/h6-9,18-20,25-26H,10-17,21-23H2,1-5H3,(H,46,48)(H,47,54). The first-order valence-electron chi connectivity index (χ1n) is 19.5. The Morgan fingerprint density at radius 1 is 0.914 bits per heavy atom. The van der Waals surface area contributed by atoms with Gasteiger partial charge in [0.15, 0.2) is 17.5 Å². The number of imidazole rings is 1. The second kappa shape index (κ2) is 16.5. The highest BCUT2D eigenvalue weighted by Gasteiger charge is 2.37. The van der Waals surface area contributed by atoms with Crippen LogP contribution < -0.4 is 5.32 Å². The van der Waals surface area contributed by atoms with Crippen LogP contribution in [0.15, 0.2) is 42.7 Å². The molecule has 0 unspecified atom stereocenters. The maximum absolute atomic E-state index is 15.3. The summed E-state index contributed by atoms with van der Waals surface area (Å²) in [5.41, 5.74) is 1.21. The molecule has 0 spiro atoms. The summed E-state index contributed by atoms with van der Waals surface area (Å²) in [7, 11) is 1.52. The van der Waals surface area contributed by atoms with E-state index in [4.69, 9.17) is 16.3 Å². The lowest BCUT2D eigenvalue weighted by atomic mass is 9.93. The Balaban J connectivity index is 0.878. The van der Waals surface area contributed by atoms with E-state index in [0.717, 1.165) is 32.5 Å². The normalized spacial score (nSPS) is 17.0. The van der Waals surface area contributed by atoms with Gasteiger partial charge in [0.05, 0.1) is 28.2 Å². The van der Waals surface area contributed by atoms with Crippen molar-refractivity contribution in [2.75, 3.05) is 64.2 Å². The first-order valence-corrected chi connectivity index (χ1v) is 19.9. The molecule has 3 aliphatic heterocycles. The zero-order valence-electron chi connectivity index (χ0n) is 33.3. The predicted molar refractivity (Wildman–Crippen MR) is 213 cm³/mol. The fourth-order valence-electron chi connectivity index (χ4n) is 7.86. The molecule has 0 bridgehead atoms. The molecule has 4 amide bonds. The summed E-state index contributed by atoms with van der Waals surface area (Å²) in [6, 6.07) is 7.45. The Kier molecular flexibility index (Phi) is 11.6. The van der Waals surface area contributed by atoms with Crippen molar-refractivity contribution in [3.05, 3.63) is 76.5 Å². The highest BCUT2D eigenvalue weighted by Crippen LogP contribution is 2.33. The van der Waals surface area contributed by atoms with E-state index in [9.17, 15) is 19.2 Å². The smallest absolute Gasteiger partial charge is 0.410 e. The van der Waals surface area contributed by atoms with Crippen LogP contribution in [0.4, 0.5) is 19.3 Å². The van der Waals surface area contributed by atoms with E-state index >= 15 is 8.78 Å². The predicted octanol–water partition coefficient (Wildman–Crippen LogP) is 5.83. The van der Waals surface area contributed by atoms with E-state index < -0.39 is 23.1 Å². The lowest BCUT2D eigenvalue weighted by Crippen LogP contribution is -2.56. The molecule has 14 nitrogen and oxygen atoms in total. The number of hydrogen-bond donors (Lipinski definition) is 2. The van der Waals surface area contributed by atoms with Gasteiger partial charge in [0.1, 0.15) is 5.60 Å². The SMILES string of the molecule is Cc1n[nH]cc1-c1ccc(-c2cnc(C(=O)Nc3ccc(C(=O)N4CCN(C(=O)C5CCN(CC6CN(C(=O)OC(C)(C)C)C6)CC5)CC4)c(Cl)c3)n2C)c(F)c1F. The molecule has 3 saturated heterocycles. The van der Waals surface area contributed by atoms with Gasteiger partial charge in [0, 0.05) is 93.3 Å². The number of piperidine rings is 1. The first kappa shape index (κ1) is 40.8. The van der Waals surface area contributed by atoms with Crippen molar-refractivity contribution in [1.82, 2.24) is 39.3 Å². The minimum atomic E-state index is -1.08. The molecule has 2 aromatic heterocycles. The second-order valence-electron chi connectivity index (χ2n) is 16.3. The number of halogens is 3. The highest BCUT2D eigenvalue weighted by molar-refractivity contribution is 6.34.